The van der Waals surface area contributed by atoms with E-state index in [0.717, 1.165) is 0 Å². The van der Waals surface area contributed by atoms with Crippen LogP contribution in [-0.2, 0) is 9.53 Å². The van der Waals surface area contributed by atoms with Crippen LogP contribution in [0.5, 0.6) is 5.88 Å². The molecule has 98 valence electrons. The highest BCUT2D eigenvalue weighted by atomic mass is 16.6. The van der Waals surface area contributed by atoms with Crippen LogP contribution in [0.15, 0.2) is 18.2 Å². The zero-order valence-corrected chi connectivity index (χ0v) is 10.8. The summed E-state index contributed by atoms with van der Waals surface area (Å²) in [4.78, 5) is 26.2. The second kappa shape index (κ2) is 5.48. The molecule has 0 spiro atoms. The Bertz CT molecular complexity index is 452. The summed E-state index contributed by atoms with van der Waals surface area (Å²) in [5.41, 5.74) is -0.586. The van der Waals surface area contributed by atoms with Crippen molar-refractivity contribution in [2.45, 2.75) is 33.3 Å². The molecule has 1 aromatic rings. The van der Waals surface area contributed by atoms with Crippen LogP contribution in [0.3, 0.4) is 0 Å². The minimum atomic E-state index is -0.616. The molecule has 0 aliphatic rings. The second-order valence-electron chi connectivity index (χ2n) is 4.58. The molecular weight excluding hydrogens is 236 g/mol. The number of nitrogens with zero attached hydrogens (tertiary/aromatic N) is 1. The minimum absolute atomic E-state index is 0.121. The molecule has 0 saturated carbocycles. The lowest BCUT2D eigenvalue weighted by molar-refractivity contribution is -0.132. The van der Waals surface area contributed by atoms with Crippen LogP contribution in [0.2, 0.25) is 0 Å². The van der Waals surface area contributed by atoms with Crippen LogP contribution in [0, 0.1) is 0 Å². The number of aromatic nitrogens is 1. The summed E-state index contributed by atoms with van der Waals surface area (Å²) in [7, 11) is 0. The molecule has 0 aromatic carbocycles. The van der Waals surface area contributed by atoms with Crippen molar-refractivity contribution < 1.29 is 19.1 Å². The first-order valence-electron chi connectivity index (χ1n) is 5.42. The van der Waals surface area contributed by atoms with E-state index in [2.05, 4.69) is 10.3 Å². The van der Waals surface area contributed by atoms with Crippen molar-refractivity contribution in [1.82, 2.24) is 4.98 Å². The number of esters is 1. The molecule has 0 atom stereocenters. The minimum Gasteiger partial charge on any atom is -0.444 e. The van der Waals surface area contributed by atoms with E-state index in [-0.39, 0.29) is 11.7 Å². The number of anilines is 1. The van der Waals surface area contributed by atoms with Gasteiger partial charge in [-0.25, -0.2) is 4.79 Å². The summed E-state index contributed by atoms with van der Waals surface area (Å²) in [5, 5.41) is 2.45. The zero-order chi connectivity index (χ0) is 13.8. The summed E-state index contributed by atoms with van der Waals surface area (Å²) in [6, 6.07) is 4.69. The molecule has 6 heteroatoms. The first-order valence-corrected chi connectivity index (χ1v) is 5.42. The van der Waals surface area contributed by atoms with Gasteiger partial charge >= 0.3 is 12.1 Å². The van der Waals surface area contributed by atoms with E-state index in [1.54, 1.807) is 32.9 Å². The maximum atomic E-state index is 11.5. The van der Waals surface area contributed by atoms with Gasteiger partial charge in [0.2, 0.25) is 5.88 Å². The van der Waals surface area contributed by atoms with Crippen molar-refractivity contribution in [2.75, 3.05) is 5.32 Å². The molecule has 0 bridgehead atoms. The van der Waals surface area contributed by atoms with E-state index in [9.17, 15) is 9.59 Å². The lowest BCUT2D eigenvalue weighted by atomic mass is 10.2. The molecule has 6 nitrogen and oxygen atoms in total. The Morgan fingerprint density at radius 1 is 1.28 bits per heavy atom. The molecule has 1 rings (SSSR count). The number of nitrogens with one attached hydrogen (secondary N) is 1. The van der Waals surface area contributed by atoms with Crippen LogP contribution in [0.4, 0.5) is 10.6 Å². The quantitative estimate of drug-likeness (QED) is 0.817. The number of pyridine rings is 1. The highest BCUT2D eigenvalue weighted by Crippen LogP contribution is 2.13. The smallest absolute Gasteiger partial charge is 0.413 e. The van der Waals surface area contributed by atoms with E-state index in [4.69, 9.17) is 9.47 Å². The van der Waals surface area contributed by atoms with E-state index >= 15 is 0 Å². The standard InChI is InChI=1S/C12H16N2O4/c1-8(15)17-10-7-5-6-9(13-10)14-11(16)18-12(2,3)4/h5-7H,1-4H3,(H,13,14,16). The fourth-order valence-electron chi connectivity index (χ4n) is 1.10. The number of carbonyl (C=O) groups is 2. The maximum Gasteiger partial charge on any atom is 0.413 e. The van der Waals surface area contributed by atoms with Gasteiger partial charge in [0.15, 0.2) is 0 Å². The van der Waals surface area contributed by atoms with Crippen LogP contribution in [0.25, 0.3) is 0 Å². The van der Waals surface area contributed by atoms with Gasteiger partial charge in [-0.2, -0.15) is 4.98 Å². The van der Waals surface area contributed by atoms with E-state index in [1.807, 2.05) is 0 Å². The van der Waals surface area contributed by atoms with Crippen LogP contribution in [-0.4, -0.2) is 22.6 Å². The number of ether oxygens (including phenoxy) is 2. The van der Waals surface area contributed by atoms with Gasteiger partial charge in [0.1, 0.15) is 11.4 Å². The monoisotopic (exact) mass is 252 g/mol. The van der Waals surface area contributed by atoms with Crippen molar-refractivity contribution in [3.63, 3.8) is 0 Å². The Balaban J connectivity index is 2.67. The average Bonchev–Trinajstić information content (AvgIpc) is 2.13. The Morgan fingerprint density at radius 3 is 2.50 bits per heavy atom. The molecule has 1 aromatic heterocycles. The van der Waals surface area contributed by atoms with Gasteiger partial charge in [-0.15, -0.1) is 0 Å². The first kappa shape index (κ1) is 14.0. The van der Waals surface area contributed by atoms with E-state index < -0.39 is 17.7 Å². The Morgan fingerprint density at radius 2 is 1.94 bits per heavy atom. The van der Waals surface area contributed by atoms with Crippen molar-refractivity contribution >= 4 is 17.9 Å². The molecule has 0 radical (unpaired) electrons. The first-order chi connectivity index (χ1) is 8.26. The van der Waals surface area contributed by atoms with E-state index in [0.29, 0.717) is 0 Å². The van der Waals surface area contributed by atoms with Gasteiger partial charge in [-0.1, -0.05) is 6.07 Å². The molecule has 0 saturated heterocycles. The number of amides is 1. The lowest BCUT2D eigenvalue weighted by Gasteiger charge is -2.19. The number of hydrogen-bond donors (Lipinski definition) is 1. The molecule has 18 heavy (non-hydrogen) atoms. The summed E-state index contributed by atoms with van der Waals surface area (Å²) in [6.07, 6.45) is -0.616. The number of rotatable bonds is 2. The molecule has 0 unspecified atom stereocenters. The maximum absolute atomic E-state index is 11.5. The van der Waals surface area contributed by atoms with Crippen molar-refractivity contribution in [3.05, 3.63) is 18.2 Å². The third kappa shape index (κ3) is 5.29. The summed E-state index contributed by atoms with van der Waals surface area (Å²) >= 11 is 0. The predicted molar refractivity (Wildman–Crippen MR) is 65.4 cm³/mol. The van der Waals surface area contributed by atoms with Gasteiger partial charge in [-0.05, 0) is 26.8 Å². The Kier molecular flexibility index (Phi) is 4.25. The van der Waals surface area contributed by atoms with Gasteiger partial charge in [0.05, 0.1) is 0 Å². The van der Waals surface area contributed by atoms with Crippen molar-refractivity contribution in [2.24, 2.45) is 0 Å². The molecule has 1 amide bonds. The molecule has 0 aliphatic heterocycles. The normalized spacial score (nSPS) is 10.7. The fraction of sp³-hybridized carbons (Fsp3) is 0.417. The third-order valence-corrected chi connectivity index (χ3v) is 1.60. The van der Waals surface area contributed by atoms with Gasteiger partial charge in [0.25, 0.3) is 0 Å². The highest BCUT2D eigenvalue weighted by molar-refractivity contribution is 5.83. The van der Waals surface area contributed by atoms with Crippen LogP contribution in [0.1, 0.15) is 27.7 Å². The number of carbonyl (C=O) groups excluding carboxylic acids is 2. The van der Waals surface area contributed by atoms with Crippen molar-refractivity contribution in [1.29, 1.82) is 0 Å². The molecule has 0 fully saturated rings. The highest BCUT2D eigenvalue weighted by Gasteiger charge is 2.16. The summed E-state index contributed by atoms with van der Waals surface area (Å²) < 4.78 is 9.86. The van der Waals surface area contributed by atoms with Gasteiger partial charge in [-0.3, -0.25) is 10.1 Å². The third-order valence-electron chi connectivity index (χ3n) is 1.60. The van der Waals surface area contributed by atoms with Crippen LogP contribution >= 0.6 is 0 Å². The Hall–Kier alpha value is -2.11. The van der Waals surface area contributed by atoms with Crippen molar-refractivity contribution in [3.8, 4) is 5.88 Å². The topological polar surface area (TPSA) is 77.5 Å². The molecule has 1 N–H and O–H groups in total. The SMILES string of the molecule is CC(=O)Oc1cccc(NC(=O)OC(C)(C)C)n1. The largest absolute Gasteiger partial charge is 0.444 e. The number of hydrogen-bond acceptors (Lipinski definition) is 5. The average molecular weight is 252 g/mol. The molecular formula is C12H16N2O4. The predicted octanol–water partition coefficient (Wildman–Crippen LogP) is 2.35. The van der Waals surface area contributed by atoms with Gasteiger partial charge < -0.3 is 9.47 Å². The zero-order valence-electron chi connectivity index (χ0n) is 10.8. The summed E-state index contributed by atoms with van der Waals surface area (Å²) in [6.45, 7) is 6.55. The fourth-order valence-corrected chi connectivity index (χ4v) is 1.10. The van der Waals surface area contributed by atoms with E-state index in [1.165, 1.54) is 13.0 Å². The lowest BCUT2D eigenvalue weighted by Crippen LogP contribution is -2.27. The molecule has 0 aliphatic carbocycles. The van der Waals surface area contributed by atoms with Crippen LogP contribution < -0.4 is 10.1 Å². The summed E-state index contributed by atoms with van der Waals surface area (Å²) in [5.74, 6) is -0.101. The van der Waals surface area contributed by atoms with Gasteiger partial charge in [0, 0.05) is 13.0 Å². The molecule has 1 heterocycles. The Labute approximate surface area is 105 Å². The second-order valence-corrected chi connectivity index (χ2v) is 4.58.